The fourth-order valence-electron chi connectivity index (χ4n) is 1.75. The first kappa shape index (κ1) is 18.5. The Labute approximate surface area is 134 Å². The Balaban J connectivity index is 2.52. The lowest BCUT2D eigenvalue weighted by Gasteiger charge is -2.33. The van der Waals surface area contributed by atoms with E-state index in [-0.39, 0.29) is 23.7 Å². The van der Waals surface area contributed by atoms with Crippen molar-refractivity contribution in [1.29, 1.82) is 0 Å². The highest BCUT2D eigenvalue weighted by Crippen LogP contribution is 2.21. The monoisotopic (exact) mass is 307 g/mol. The third kappa shape index (κ3) is 7.46. The molecule has 0 fully saturated rings. The maximum atomic E-state index is 12.0. The summed E-state index contributed by atoms with van der Waals surface area (Å²) in [5.74, 6) is 0. The Kier molecular flexibility index (Phi) is 6.42. The quantitative estimate of drug-likeness (QED) is 0.889. The first-order chi connectivity index (χ1) is 10.1. The van der Waals surface area contributed by atoms with Crippen LogP contribution in [0.25, 0.3) is 0 Å². The molecule has 1 rings (SSSR count). The lowest BCUT2D eigenvalue weighted by molar-refractivity contribution is -0.0293. The van der Waals surface area contributed by atoms with Gasteiger partial charge >= 0.3 is 6.09 Å². The van der Waals surface area contributed by atoms with Gasteiger partial charge in [-0.05, 0) is 31.7 Å². The Morgan fingerprint density at radius 2 is 1.68 bits per heavy atom. The lowest BCUT2D eigenvalue weighted by Crippen LogP contribution is -2.48. The minimum atomic E-state index is -0.415. The number of amides is 1. The van der Waals surface area contributed by atoms with E-state index in [1.807, 2.05) is 51.1 Å². The molecule has 22 heavy (non-hydrogen) atoms. The first-order valence-corrected chi connectivity index (χ1v) is 7.69. The van der Waals surface area contributed by atoms with E-state index in [4.69, 9.17) is 9.47 Å². The molecule has 0 heterocycles. The summed E-state index contributed by atoms with van der Waals surface area (Å²) >= 11 is 0. The molecule has 124 valence electrons. The van der Waals surface area contributed by atoms with E-state index >= 15 is 0 Å². The Morgan fingerprint density at radius 3 is 2.18 bits per heavy atom. The van der Waals surface area contributed by atoms with Gasteiger partial charge in [-0.25, -0.2) is 4.79 Å². The van der Waals surface area contributed by atoms with Crippen LogP contribution >= 0.6 is 0 Å². The summed E-state index contributed by atoms with van der Waals surface area (Å²) in [5.41, 5.74) is 0.617. The molecule has 4 heteroatoms. The van der Waals surface area contributed by atoms with Crippen LogP contribution in [-0.4, -0.2) is 24.3 Å². The number of rotatable bonds is 5. The molecule has 0 saturated carbocycles. The van der Waals surface area contributed by atoms with Gasteiger partial charge in [0.15, 0.2) is 0 Å². The number of benzene rings is 1. The molecule has 1 aromatic rings. The van der Waals surface area contributed by atoms with E-state index < -0.39 is 6.09 Å². The van der Waals surface area contributed by atoms with Gasteiger partial charge in [-0.1, -0.05) is 51.1 Å². The molecule has 0 saturated heterocycles. The molecule has 0 aromatic heterocycles. The molecular weight excluding hydrogens is 278 g/mol. The van der Waals surface area contributed by atoms with Gasteiger partial charge in [-0.15, -0.1) is 0 Å². The fourth-order valence-corrected chi connectivity index (χ4v) is 1.75. The number of alkyl carbamates (subject to hydrolysis) is 1. The Hall–Kier alpha value is -1.55. The van der Waals surface area contributed by atoms with Crippen LogP contribution in [0.1, 0.15) is 47.1 Å². The number of hydrogen-bond acceptors (Lipinski definition) is 3. The predicted molar refractivity (Wildman–Crippen MR) is 88.7 cm³/mol. The van der Waals surface area contributed by atoms with E-state index in [9.17, 15) is 4.79 Å². The molecule has 1 aromatic carbocycles. The molecule has 0 spiro atoms. The average Bonchev–Trinajstić information content (AvgIpc) is 2.40. The highest BCUT2D eigenvalue weighted by Gasteiger charge is 2.28. The summed E-state index contributed by atoms with van der Waals surface area (Å²) in [5, 5.41) is 2.91. The van der Waals surface area contributed by atoms with Crippen LogP contribution in [0, 0.1) is 5.41 Å². The third-order valence-electron chi connectivity index (χ3n) is 3.23. The van der Waals surface area contributed by atoms with Gasteiger partial charge in [0.05, 0.1) is 18.2 Å². The molecule has 1 amide bonds. The summed E-state index contributed by atoms with van der Waals surface area (Å²) in [6.45, 7) is 12.9. The maximum absolute atomic E-state index is 12.0. The molecule has 1 N–H and O–H groups in total. The zero-order chi connectivity index (χ0) is 16.8. The zero-order valence-electron chi connectivity index (χ0n) is 14.6. The van der Waals surface area contributed by atoms with Crippen molar-refractivity contribution in [2.75, 3.05) is 6.61 Å². The molecule has 0 aliphatic heterocycles. The molecule has 1 atom stereocenters. The van der Waals surface area contributed by atoms with Crippen molar-refractivity contribution in [3.05, 3.63) is 35.9 Å². The molecule has 0 aliphatic rings. The van der Waals surface area contributed by atoms with Gasteiger partial charge in [-0.2, -0.15) is 0 Å². The molecule has 0 aliphatic carbocycles. The summed E-state index contributed by atoms with van der Waals surface area (Å²) in [6.07, 6.45) is -0.415. The highest BCUT2D eigenvalue weighted by molar-refractivity contribution is 5.67. The van der Waals surface area contributed by atoms with Crippen LogP contribution in [0.4, 0.5) is 4.79 Å². The maximum Gasteiger partial charge on any atom is 0.407 e. The van der Waals surface area contributed by atoms with Gasteiger partial charge < -0.3 is 14.8 Å². The molecule has 4 nitrogen and oxygen atoms in total. The topological polar surface area (TPSA) is 47.6 Å². The van der Waals surface area contributed by atoms with Gasteiger partial charge in [-0.3, -0.25) is 0 Å². The molecular formula is C18H29NO3. The number of carbonyl (C=O) groups is 1. The summed E-state index contributed by atoms with van der Waals surface area (Å²) in [6, 6.07) is 9.52. The first-order valence-electron chi connectivity index (χ1n) is 7.69. The number of nitrogens with one attached hydrogen (secondary N) is 1. The van der Waals surface area contributed by atoms with Crippen molar-refractivity contribution >= 4 is 6.09 Å². The normalized spacial score (nSPS) is 13.5. The fraction of sp³-hybridized carbons (Fsp3) is 0.611. The van der Waals surface area contributed by atoms with E-state index in [0.717, 1.165) is 5.56 Å². The van der Waals surface area contributed by atoms with Gasteiger partial charge in [0, 0.05) is 0 Å². The lowest BCUT2D eigenvalue weighted by atomic mass is 9.87. The second-order valence-corrected chi connectivity index (χ2v) is 7.55. The molecule has 0 unspecified atom stereocenters. The molecule has 0 radical (unpaired) electrons. The Morgan fingerprint density at radius 1 is 1.09 bits per heavy atom. The zero-order valence-corrected chi connectivity index (χ0v) is 14.6. The largest absolute Gasteiger partial charge is 0.445 e. The van der Waals surface area contributed by atoms with E-state index in [1.165, 1.54) is 0 Å². The number of hydrogen-bond donors (Lipinski definition) is 1. The van der Waals surface area contributed by atoms with Gasteiger partial charge in [0.25, 0.3) is 0 Å². The molecule has 0 bridgehead atoms. The predicted octanol–water partition coefficient (Wildman–Crippen LogP) is 4.14. The summed E-state index contributed by atoms with van der Waals surface area (Å²) in [4.78, 5) is 12.0. The number of ether oxygens (including phenoxy) is 2. The standard InChI is InChI=1S/C18H29NO3/c1-17(2,3)15(13-22-18(4,5)6)19-16(20)21-12-14-10-8-7-9-11-14/h7-11,15H,12-13H2,1-6H3,(H,19,20)/t15-/m0/s1. The van der Waals surface area contributed by atoms with E-state index in [2.05, 4.69) is 26.1 Å². The number of carbonyl (C=O) groups excluding carboxylic acids is 1. The smallest absolute Gasteiger partial charge is 0.407 e. The average molecular weight is 307 g/mol. The van der Waals surface area contributed by atoms with Crippen molar-refractivity contribution in [1.82, 2.24) is 5.32 Å². The third-order valence-corrected chi connectivity index (χ3v) is 3.23. The van der Waals surface area contributed by atoms with Crippen LogP contribution < -0.4 is 5.32 Å². The summed E-state index contributed by atoms with van der Waals surface area (Å²) < 4.78 is 11.1. The van der Waals surface area contributed by atoms with Gasteiger partial charge in [0.2, 0.25) is 0 Å². The highest BCUT2D eigenvalue weighted by atomic mass is 16.5. The van der Waals surface area contributed by atoms with Crippen molar-refractivity contribution in [2.45, 2.75) is 59.8 Å². The van der Waals surface area contributed by atoms with E-state index in [0.29, 0.717) is 6.61 Å². The second kappa shape index (κ2) is 7.63. The van der Waals surface area contributed by atoms with Crippen molar-refractivity contribution in [2.24, 2.45) is 5.41 Å². The SMILES string of the molecule is CC(C)(C)OC[C@H](NC(=O)OCc1ccccc1)C(C)(C)C. The summed E-state index contributed by atoms with van der Waals surface area (Å²) in [7, 11) is 0. The minimum absolute atomic E-state index is 0.114. The van der Waals surface area contributed by atoms with E-state index in [1.54, 1.807) is 0 Å². The van der Waals surface area contributed by atoms with Gasteiger partial charge in [0.1, 0.15) is 6.61 Å². The van der Waals surface area contributed by atoms with Crippen LogP contribution in [0.15, 0.2) is 30.3 Å². The van der Waals surface area contributed by atoms with Crippen LogP contribution in [-0.2, 0) is 16.1 Å². The second-order valence-electron chi connectivity index (χ2n) is 7.55. The van der Waals surface area contributed by atoms with Crippen LogP contribution in [0.3, 0.4) is 0 Å². The van der Waals surface area contributed by atoms with Crippen LogP contribution in [0.2, 0.25) is 0 Å². The van der Waals surface area contributed by atoms with Crippen molar-refractivity contribution < 1.29 is 14.3 Å². The van der Waals surface area contributed by atoms with Crippen molar-refractivity contribution in [3.63, 3.8) is 0 Å². The Bertz CT molecular complexity index is 457. The van der Waals surface area contributed by atoms with Crippen LogP contribution in [0.5, 0.6) is 0 Å². The van der Waals surface area contributed by atoms with Crippen molar-refractivity contribution in [3.8, 4) is 0 Å². The minimum Gasteiger partial charge on any atom is -0.445 e.